The summed E-state index contributed by atoms with van der Waals surface area (Å²) in [6.07, 6.45) is 0.447. The Morgan fingerprint density at radius 2 is 1.03 bits per heavy atom. The van der Waals surface area contributed by atoms with Gasteiger partial charge in [-0.05, 0) is 40.9 Å². The van der Waals surface area contributed by atoms with Gasteiger partial charge in [-0.1, -0.05) is 77.9 Å². The van der Waals surface area contributed by atoms with Crippen LogP contribution in [0.15, 0.2) is 102 Å². The van der Waals surface area contributed by atoms with Gasteiger partial charge < -0.3 is 4.90 Å². The number of carbonyl (C=O) groups excluding carboxylic acids is 3. The van der Waals surface area contributed by atoms with Crippen molar-refractivity contribution in [1.29, 1.82) is 0 Å². The SMILES string of the molecule is CN(C)c1ccc(C(=O)Cc2ccc(C(=O)c3ccc(CC(=O)c4ccc(N=[N+]=[N-])cc4)cc3)cc2)cc1. The maximum absolute atomic E-state index is 13.0. The lowest BCUT2D eigenvalue weighted by molar-refractivity contribution is 0.0985. The fraction of sp³-hybridized carbons (Fsp3) is 0.129. The number of azide groups is 1. The summed E-state index contributed by atoms with van der Waals surface area (Å²) in [7, 11) is 3.90. The second kappa shape index (κ2) is 11.8. The first-order valence-electron chi connectivity index (χ1n) is 12.1. The quantitative estimate of drug-likeness (QED) is 0.103. The van der Waals surface area contributed by atoms with E-state index in [1.807, 2.05) is 43.3 Å². The highest BCUT2D eigenvalue weighted by Gasteiger charge is 2.13. The lowest BCUT2D eigenvalue weighted by Gasteiger charge is -2.12. The Bertz CT molecular complexity index is 1500. The first kappa shape index (κ1) is 26.1. The van der Waals surface area contributed by atoms with Crippen LogP contribution in [0.3, 0.4) is 0 Å². The summed E-state index contributed by atoms with van der Waals surface area (Å²) in [5, 5.41) is 3.50. The summed E-state index contributed by atoms with van der Waals surface area (Å²) in [6, 6.07) is 28.0. The third kappa shape index (κ3) is 6.40. The van der Waals surface area contributed by atoms with Crippen LogP contribution >= 0.6 is 0 Å². The highest BCUT2D eigenvalue weighted by atomic mass is 16.1. The molecule has 0 aliphatic rings. The number of anilines is 1. The summed E-state index contributed by atoms with van der Waals surface area (Å²) in [4.78, 5) is 42.9. The van der Waals surface area contributed by atoms with Gasteiger partial charge >= 0.3 is 0 Å². The maximum atomic E-state index is 13.0. The van der Waals surface area contributed by atoms with Crippen LogP contribution in [0.2, 0.25) is 0 Å². The van der Waals surface area contributed by atoms with E-state index in [0.717, 1.165) is 16.8 Å². The number of hydrogen-bond acceptors (Lipinski definition) is 5. The molecule has 7 nitrogen and oxygen atoms in total. The van der Waals surface area contributed by atoms with Crippen molar-refractivity contribution in [3.8, 4) is 0 Å². The molecular formula is C31H26N4O3. The third-order valence-corrected chi connectivity index (χ3v) is 6.22. The van der Waals surface area contributed by atoms with Crippen LogP contribution in [0.4, 0.5) is 11.4 Å². The predicted octanol–water partition coefficient (Wildman–Crippen LogP) is 6.78. The van der Waals surface area contributed by atoms with Crippen LogP contribution in [0, 0.1) is 0 Å². The molecule has 0 saturated carbocycles. The smallest absolute Gasteiger partial charge is 0.193 e. The molecule has 4 rings (SSSR count). The molecular weight excluding hydrogens is 476 g/mol. The van der Waals surface area contributed by atoms with Gasteiger partial charge in [-0.2, -0.15) is 0 Å². The van der Waals surface area contributed by atoms with Crippen molar-refractivity contribution in [2.24, 2.45) is 5.11 Å². The molecule has 0 spiro atoms. The zero-order valence-corrected chi connectivity index (χ0v) is 21.2. The van der Waals surface area contributed by atoms with Gasteiger partial charge in [0.05, 0.1) is 0 Å². The average molecular weight is 503 g/mol. The molecule has 0 aromatic heterocycles. The molecule has 0 radical (unpaired) electrons. The van der Waals surface area contributed by atoms with Crippen molar-refractivity contribution in [2.75, 3.05) is 19.0 Å². The second-order valence-electron chi connectivity index (χ2n) is 9.10. The van der Waals surface area contributed by atoms with E-state index in [0.29, 0.717) is 27.9 Å². The highest BCUT2D eigenvalue weighted by Crippen LogP contribution is 2.18. The van der Waals surface area contributed by atoms with E-state index in [2.05, 4.69) is 10.0 Å². The van der Waals surface area contributed by atoms with E-state index < -0.39 is 0 Å². The van der Waals surface area contributed by atoms with Crippen molar-refractivity contribution >= 4 is 28.7 Å². The van der Waals surface area contributed by atoms with Crippen LogP contribution < -0.4 is 4.90 Å². The van der Waals surface area contributed by atoms with Gasteiger partial charge in [-0.25, -0.2) is 0 Å². The van der Waals surface area contributed by atoms with Gasteiger partial charge in [0.15, 0.2) is 17.3 Å². The molecule has 188 valence electrons. The number of nitrogens with zero attached hydrogens (tertiary/aromatic N) is 4. The van der Waals surface area contributed by atoms with Crippen LogP contribution in [-0.4, -0.2) is 31.4 Å². The minimum atomic E-state index is -0.131. The summed E-state index contributed by atoms with van der Waals surface area (Å²) in [5.41, 5.74) is 13.8. The molecule has 4 aromatic carbocycles. The van der Waals surface area contributed by atoms with Crippen molar-refractivity contribution in [3.63, 3.8) is 0 Å². The van der Waals surface area contributed by atoms with Gasteiger partial charge in [0.2, 0.25) is 0 Å². The van der Waals surface area contributed by atoms with Crippen molar-refractivity contribution in [2.45, 2.75) is 12.8 Å². The van der Waals surface area contributed by atoms with E-state index in [-0.39, 0.29) is 30.2 Å². The van der Waals surface area contributed by atoms with Gasteiger partial charge in [-0.15, -0.1) is 0 Å². The summed E-state index contributed by atoms with van der Waals surface area (Å²) < 4.78 is 0. The minimum absolute atomic E-state index is 0.0196. The van der Waals surface area contributed by atoms with Crippen molar-refractivity contribution in [3.05, 3.63) is 141 Å². The number of carbonyl (C=O) groups is 3. The van der Waals surface area contributed by atoms with Gasteiger partial charge in [-0.3, -0.25) is 14.4 Å². The monoisotopic (exact) mass is 502 g/mol. The van der Waals surface area contributed by atoms with E-state index in [1.54, 1.807) is 72.8 Å². The molecule has 0 saturated heterocycles. The molecule has 0 N–H and O–H groups in total. The second-order valence-corrected chi connectivity index (χ2v) is 9.10. The molecule has 0 aliphatic carbocycles. The Balaban J connectivity index is 1.36. The standard InChI is InChI=1S/C31H26N4O3/c1-35(2)28-17-13-24(14-18-28)30(37)20-22-5-9-26(10-6-22)31(38)25-7-3-21(4-8-25)19-29(36)23-11-15-27(16-12-23)33-34-32/h3-18H,19-20H2,1-2H3. The van der Waals surface area contributed by atoms with Crippen LogP contribution in [0.5, 0.6) is 0 Å². The fourth-order valence-electron chi connectivity index (χ4n) is 4.00. The highest BCUT2D eigenvalue weighted by molar-refractivity contribution is 6.09. The molecule has 0 aliphatic heterocycles. The Kier molecular flexibility index (Phi) is 8.11. The van der Waals surface area contributed by atoms with Gasteiger partial charge in [0, 0.05) is 65.5 Å². The predicted molar refractivity (Wildman–Crippen MR) is 148 cm³/mol. The van der Waals surface area contributed by atoms with E-state index in [4.69, 9.17) is 5.53 Å². The van der Waals surface area contributed by atoms with Crippen molar-refractivity contribution in [1.82, 2.24) is 0 Å². The topological polar surface area (TPSA) is 103 Å². The summed E-state index contributed by atoms with van der Waals surface area (Å²) >= 11 is 0. The normalized spacial score (nSPS) is 10.4. The zero-order valence-electron chi connectivity index (χ0n) is 21.2. The number of Topliss-reactive ketones (excluding diaryl/α,β-unsaturated/α-hetero) is 2. The van der Waals surface area contributed by atoms with Gasteiger partial charge in [0.25, 0.3) is 0 Å². The van der Waals surface area contributed by atoms with Crippen molar-refractivity contribution < 1.29 is 14.4 Å². The molecule has 0 atom stereocenters. The van der Waals surface area contributed by atoms with E-state index >= 15 is 0 Å². The molecule has 0 amide bonds. The third-order valence-electron chi connectivity index (χ3n) is 6.22. The average Bonchev–Trinajstić information content (AvgIpc) is 2.94. The van der Waals surface area contributed by atoms with Crippen LogP contribution in [0.25, 0.3) is 10.4 Å². The molecule has 38 heavy (non-hydrogen) atoms. The molecule has 0 unspecified atom stereocenters. The lowest BCUT2D eigenvalue weighted by atomic mass is 9.97. The molecule has 0 bridgehead atoms. The minimum Gasteiger partial charge on any atom is -0.378 e. The maximum Gasteiger partial charge on any atom is 0.193 e. The Labute approximate surface area is 221 Å². The first-order valence-corrected chi connectivity index (χ1v) is 12.1. The molecule has 4 aromatic rings. The Hall–Kier alpha value is -5.00. The van der Waals surface area contributed by atoms with Crippen LogP contribution in [-0.2, 0) is 12.8 Å². The van der Waals surface area contributed by atoms with E-state index in [1.165, 1.54) is 0 Å². The summed E-state index contributed by atoms with van der Waals surface area (Å²) in [5.74, 6) is -0.185. The zero-order chi connectivity index (χ0) is 27.1. The molecule has 7 heteroatoms. The lowest BCUT2D eigenvalue weighted by Crippen LogP contribution is -2.09. The van der Waals surface area contributed by atoms with Crippen LogP contribution in [0.1, 0.15) is 47.8 Å². The fourth-order valence-corrected chi connectivity index (χ4v) is 4.00. The first-order chi connectivity index (χ1) is 18.3. The molecule has 0 fully saturated rings. The van der Waals surface area contributed by atoms with E-state index in [9.17, 15) is 14.4 Å². The Morgan fingerprint density at radius 3 is 1.42 bits per heavy atom. The number of benzene rings is 4. The number of ketones is 3. The van der Waals surface area contributed by atoms with Gasteiger partial charge in [0.1, 0.15) is 0 Å². The molecule has 0 heterocycles. The summed E-state index contributed by atoms with van der Waals surface area (Å²) in [6.45, 7) is 0. The number of rotatable bonds is 10. The largest absolute Gasteiger partial charge is 0.378 e. The number of hydrogen-bond donors (Lipinski definition) is 0. The Morgan fingerprint density at radius 1 is 0.632 bits per heavy atom.